The van der Waals surface area contributed by atoms with Crippen LogP contribution in [0.15, 0.2) is 48.5 Å². The molecule has 2 aromatic carbocycles. The quantitative estimate of drug-likeness (QED) is 0.788. The molecule has 0 saturated carbocycles. The van der Waals surface area contributed by atoms with Crippen molar-refractivity contribution in [2.24, 2.45) is 0 Å². The second-order valence-electron chi connectivity index (χ2n) is 7.45. The summed E-state index contributed by atoms with van der Waals surface area (Å²) in [7, 11) is 0. The molecule has 6 nitrogen and oxygen atoms in total. The van der Waals surface area contributed by atoms with Crippen LogP contribution in [0.25, 0.3) is 0 Å². The highest BCUT2D eigenvalue weighted by Gasteiger charge is 2.24. The largest absolute Gasteiger partial charge is 0.478 e. The lowest BCUT2D eigenvalue weighted by molar-refractivity contribution is -0.132. The lowest BCUT2D eigenvalue weighted by Crippen LogP contribution is -2.46. The third-order valence-corrected chi connectivity index (χ3v) is 5.40. The van der Waals surface area contributed by atoms with Gasteiger partial charge in [-0.2, -0.15) is 0 Å². The summed E-state index contributed by atoms with van der Waals surface area (Å²) in [6, 6.07) is 14.2. The summed E-state index contributed by atoms with van der Waals surface area (Å²) < 4.78 is 0. The zero-order valence-electron chi connectivity index (χ0n) is 16.6. The fourth-order valence-corrected chi connectivity index (χ4v) is 3.59. The van der Waals surface area contributed by atoms with Gasteiger partial charge in [0.2, 0.25) is 5.91 Å². The Morgan fingerprint density at radius 3 is 2.31 bits per heavy atom. The molecule has 2 aromatic rings. The molecule has 0 bridgehead atoms. The molecule has 6 heteroatoms. The average Bonchev–Trinajstić information content (AvgIpc) is 2.73. The summed E-state index contributed by atoms with van der Waals surface area (Å²) in [6.07, 6.45) is 2.47. The third kappa shape index (κ3) is 5.44. The Labute approximate surface area is 170 Å². The van der Waals surface area contributed by atoms with E-state index in [1.165, 1.54) is 0 Å². The normalized spacial score (nSPS) is 14.4. The molecule has 2 N–H and O–H groups in total. The Morgan fingerprint density at radius 2 is 1.69 bits per heavy atom. The van der Waals surface area contributed by atoms with Crippen LogP contribution in [-0.4, -0.2) is 46.9 Å². The predicted molar refractivity (Wildman–Crippen MR) is 110 cm³/mol. The minimum atomic E-state index is -0.954. The van der Waals surface area contributed by atoms with E-state index in [2.05, 4.69) is 5.32 Å². The van der Waals surface area contributed by atoms with Gasteiger partial charge < -0.3 is 15.3 Å². The van der Waals surface area contributed by atoms with Crippen molar-refractivity contribution in [3.8, 4) is 0 Å². The smallest absolute Gasteiger partial charge is 0.335 e. The van der Waals surface area contributed by atoms with Gasteiger partial charge >= 0.3 is 5.97 Å². The molecule has 1 heterocycles. The number of aromatic carboxylic acids is 1. The number of likely N-dealkylation sites (tertiary alicyclic amines) is 1. The van der Waals surface area contributed by atoms with E-state index in [1.54, 1.807) is 24.3 Å². The van der Waals surface area contributed by atoms with Gasteiger partial charge in [-0.05, 0) is 55.5 Å². The second-order valence-corrected chi connectivity index (χ2v) is 7.45. The summed E-state index contributed by atoms with van der Waals surface area (Å²) in [5.41, 5.74) is 2.84. The minimum absolute atomic E-state index is 0.0577. The Hall–Kier alpha value is -3.15. The van der Waals surface area contributed by atoms with Gasteiger partial charge in [-0.1, -0.05) is 30.3 Å². The van der Waals surface area contributed by atoms with E-state index in [0.717, 1.165) is 24.0 Å². The van der Waals surface area contributed by atoms with Gasteiger partial charge in [0.05, 0.1) is 5.56 Å². The van der Waals surface area contributed by atoms with Crippen LogP contribution in [0.4, 0.5) is 0 Å². The van der Waals surface area contributed by atoms with Gasteiger partial charge in [-0.3, -0.25) is 9.59 Å². The molecule has 0 aliphatic carbocycles. The monoisotopic (exact) mass is 394 g/mol. The van der Waals surface area contributed by atoms with Gasteiger partial charge in [0.1, 0.15) is 0 Å². The van der Waals surface area contributed by atoms with Crippen LogP contribution in [-0.2, 0) is 11.2 Å². The molecule has 1 aliphatic heterocycles. The molecule has 0 radical (unpaired) electrons. The molecular formula is C23H26N2O4. The summed E-state index contributed by atoms with van der Waals surface area (Å²) in [5, 5.41) is 12.0. The first kappa shape index (κ1) is 20.6. The maximum absolute atomic E-state index is 12.5. The second kappa shape index (κ2) is 9.37. The van der Waals surface area contributed by atoms with Crippen LogP contribution in [0, 0.1) is 6.92 Å². The maximum atomic E-state index is 12.5. The predicted octanol–water partition coefficient (Wildman–Crippen LogP) is 3.05. The van der Waals surface area contributed by atoms with E-state index in [0.29, 0.717) is 31.5 Å². The first-order chi connectivity index (χ1) is 13.9. The number of piperidine rings is 1. The van der Waals surface area contributed by atoms with Crippen LogP contribution >= 0.6 is 0 Å². The Morgan fingerprint density at radius 1 is 1.03 bits per heavy atom. The van der Waals surface area contributed by atoms with Crippen molar-refractivity contribution in [1.82, 2.24) is 10.2 Å². The SMILES string of the molecule is Cc1ccccc1C(=O)NC1CCN(C(=O)CCc2ccc(C(=O)O)cc2)CC1. The van der Waals surface area contributed by atoms with Gasteiger partial charge in [0.15, 0.2) is 0 Å². The highest BCUT2D eigenvalue weighted by atomic mass is 16.4. The van der Waals surface area contributed by atoms with Crippen LogP contribution in [0.1, 0.15) is 51.1 Å². The first-order valence-corrected chi connectivity index (χ1v) is 9.90. The standard InChI is InChI=1S/C23H26N2O4/c1-16-4-2-3-5-20(16)22(27)24-19-12-14-25(15-13-19)21(26)11-8-17-6-9-18(10-7-17)23(28)29/h2-7,9-10,19H,8,11-15H2,1H3,(H,24,27)(H,28,29). The number of carboxylic acid groups (broad SMARTS) is 1. The van der Waals surface area contributed by atoms with Gasteiger partial charge in [-0.25, -0.2) is 4.79 Å². The number of rotatable bonds is 6. The highest BCUT2D eigenvalue weighted by Crippen LogP contribution is 2.15. The van der Waals surface area contributed by atoms with Crippen molar-refractivity contribution in [2.75, 3.05) is 13.1 Å². The van der Waals surface area contributed by atoms with Crippen molar-refractivity contribution >= 4 is 17.8 Å². The first-order valence-electron chi connectivity index (χ1n) is 9.90. The third-order valence-electron chi connectivity index (χ3n) is 5.40. The zero-order valence-corrected chi connectivity index (χ0v) is 16.6. The molecule has 1 fully saturated rings. The number of aryl methyl sites for hydroxylation is 2. The molecule has 152 valence electrons. The number of hydrogen-bond acceptors (Lipinski definition) is 3. The van der Waals surface area contributed by atoms with Crippen molar-refractivity contribution in [3.05, 3.63) is 70.8 Å². The van der Waals surface area contributed by atoms with Gasteiger partial charge in [0.25, 0.3) is 5.91 Å². The highest BCUT2D eigenvalue weighted by molar-refractivity contribution is 5.95. The fraction of sp³-hybridized carbons (Fsp3) is 0.348. The Kier molecular flexibility index (Phi) is 6.65. The van der Waals surface area contributed by atoms with Crippen molar-refractivity contribution < 1.29 is 19.5 Å². The number of carbonyl (C=O) groups is 3. The molecule has 0 aromatic heterocycles. The van der Waals surface area contributed by atoms with Crippen LogP contribution in [0.2, 0.25) is 0 Å². The molecule has 0 atom stereocenters. The molecule has 1 saturated heterocycles. The number of hydrogen-bond donors (Lipinski definition) is 2. The van der Waals surface area contributed by atoms with E-state index in [9.17, 15) is 14.4 Å². The van der Waals surface area contributed by atoms with Crippen LogP contribution < -0.4 is 5.32 Å². The van der Waals surface area contributed by atoms with E-state index < -0.39 is 5.97 Å². The molecular weight excluding hydrogens is 368 g/mol. The van der Waals surface area contributed by atoms with E-state index in [4.69, 9.17) is 5.11 Å². The van der Waals surface area contributed by atoms with E-state index in [-0.39, 0.29) is 23.4 Å². The average molecular weight is 394 g/mol. The number of nitrogens with one attached hydrogen (secondary N) is 1. The van der Waals surface area contributed by atoms with Crippen molar-refractivity contribution in [3.63, 3.8) is 0 Å². The van der Waals surface area contributed by atoms with Crippen LogP contribution in [0.5, 0.6) is 0 Å². The maximum Gasteiger partial charge on any atom is 0.335 e. The molecule has 0 unspecified atom stereocenters. The Bertz CT molecular complexity index is 884. The van der Waals surface area contributed by atoms with Gasteiger partial charge in [0, 0.05) is 31.1 Å². The lowest BCUT2D eigenvalue weighted by Gasteiger charge is -2.32. The van der Waals surface area contributed by atoms with Crippen molar-refractivity contribution in [1.29, 1.82) is 0 Å². The number of carboxylic acids is 1. The van der Waals surface area contributed by atoms with E-state index in [1.807, 2.05) is 36.1 Å². The number of nitrogens with zero attached hydrogens (tertiary/aromatic N) is 1. The van der Waals surface area contributed by atoms with Crippen molar-refractivity contribution in [2.45, 2.75) is 38.6 Å². The molecule has 0 spiro atoms. The fourth-order valence-electron chi connectivity index (χ4n) is 3.59. The van der Waals surface area contributed by atoms with Crippen LogP contribution in [0.3, 0.4) is 0 Å². The molecule has 1 aliphatic rings. The minimum Gasteiger partial charge on any atom is -0.478 e. The Balaban J connectivity index is 1.44. The number of carbonyl (C=O) groups excluding carboxylic acids is 2. The topological polar surface area (TPSA) is 86.7 Å². The molecule has 3 rings (SSSR count). The lowest BCUT2D eigenvalue weighted by atomic mass is 10.0. The zero-order chi connectivity index (χ0) is 20.8. The summed E-state index contributed by atoms with van der Waals surface area (Å²) >= 11 is 0. The number of amides is 2. The van der Waals surface area contributed by atoms with Gasteiger partial charge in [-0.15, -0.1) is 0 Å². The summed E-state index contributed by atoms with van der Waals surface area (Å²) in [6.45, 7) is 3.19. The summed E-state index contributed by atoms with van der Waals surface area (Å²) in [4.78, 5) is 37.7. The number of benzene rings is 2. The van der Waals surface area contributed by atoms with E-state index >= 15 is 0 Å². The molecule has 29 heavy (non-hydrogen) atoms. The summed E-state index contributed by atoms with van der Waals surface area (Å²) in [5.74, 6) is -0.918. The molecule has 2 amide bonds.